The number of aliphatic imine (C=N–C) groups is 1. The number of aliphatic hydroxyl groups excluding tert-OH is 1. The number of fused-ring (bicyclic) bond motifs is 1. The molecular weight excluding hydrogens is 416 g/mol. The first-order valence-corrected chi connectivity index (χ1v) is 12.0. The number of aliphatic hydroxyl groups is 1. The van der Waals surface area contributed by atoms with Crippen LogP contribution in [0.1, 0.15) is 36.8 Å². The number of ether oxygens (including phenoxy) is 2. The van der Waals surface area contributed by atoms with E-state index in [0.717, 1.165) is 54.6 Å². The first-order chi connectivity index (χ1) is 15.3. The van der Waals surface area contributed by atoms with E-state index in [1.807, 2.05) is 28.2 Å². The summed E-state index contributed by atoms with van der Waals surface area (Å²) in [5, 5.41) is 20.7. The van der Waals surface area contributed by atoms with Crippen LogP contribution in [0.3, 0.4) is 0 Å². The molecule has 0 bridgehead atoms. The Bertz CT molecular complexity index is 1100. The third-order valence-corrected chi connectivity index (χ3v) is 8.24. The first-order valence-electron chi connectivity index (χ1n) is 10.6. The van der Waals surface area contributed by atoms with Gasteiger partial charge in [-0.1, -0.05) is 16.3 Å². The predicted molar refractivity (Wildman–Crippen MR) is 117 cm³/mol. The van der Waals surface area contributed by atoms with Crippen molar-refractivity contribution in [3.05, 3.63) is 48.7 Å². The van der Waals surface area contributed by atoms with Gasteiger partial charge in [0.15, 0.2) is 5.82 Å². The van der Waals surface area contributed by atoms with Gasteiger partial charge in [0.2, 0.25) is 0 Å². The van der Waals surface area contributed by atoms with E-state index in [1.54, 1.807) is 23.4 Å². The number of thiol groups is 1. The number of nitrogens with zero attached hydrogens (tertiary/aromatic N) is 6. The van der Waals surface area contributed by atoms with E-state index in [1.165, 1.54) is 0 Å². The Morgan fingerprint density at radius 2 is 2.10 bits per heavy atom. The zero-order valence-electron chi connectivity index (χ0n) is 16.9. The van der Waals surface area contributed by atoms with Gasteiger partial charge in [-0.2, -0.15) is 0 Å². The molecule has 3 aliphatic rings. The topological polar surface area (TPSA) is 99.6 Å². The van der Waals surface area contributed by atoms with Gasteiger partial charge in [-0.05, 0) is 49.9 Å². The number of benzene rings is 1. The smallest absolute Gasteiger partial charge is 0.162 e. The lowest BCUT2D eigenvalue weighted by atomic mass is 10.2. The zero-order chi connectivity index (χ0) is 20.8. The fourth-order valence-electron chi connectivity index (χ4n) is 3.98. The molecule has 1 saturated carbocycles. The SMILES string of the molecule is OC(c1cn(-c2ccc(OCC3CCCO3)cc2)nn1)[SH]1C(C2CC2)=Nc2cncn21. The van der Waals surface area contributed by atoms with Crippen molar-refractivity contribution in [1.29, 1.82) is 0 Å². The Morgan fingerprint density at radius 3 is 2.87 bits per heavy atom. The van der Waals surface area contributed by atoms with Crippen LogP contribution >= 0.6 is 11.1 Å². The Hall–Kier alpha value is -2.69. The molecule has 9 nitrogen and oxygen atoms in total. The monoisotopic (exact) mass is 440 g/mol. The first kappa shape index (κ1) is 19.0. The summed E-state index contributed by atoms with van der Waals surface area (Å²) in [4.78, 5) is 8.92. The Labute approximate surface area is 182 Å². The molecule has 6 rings (SSSR count). The van der Waals surface area contributed by atoms with E-state index in [9.17, 15) is 5.11 Å². The molecule has 2 aromatic heterocycles. The summed E-state index contributed by atoms with van der Waals surface area (Å²) in [6.07, 6.45) is 9.91. The van der Waals surface area contributed by atoms with Gasteiger partial charge in [0.05, 0.1) is 29.2 Å². The normalized spacial score (nSPS) is 24.7. The fraction of sp³-hybridized carbons (Fsp3) is 0.429. The average molecular weight is 441 g/mol. The van der Waals surface area contributed by atoms with Crippen LogP contribution in [0.25, 0.3) is 5.69 Å². The maximum Gasteiger partial charge on any atom is 0.162 e. The minimum Gasteiger partial charge on any atom is -0.491 e. The number of imidazole rings is 1. The van der Waals surface area contributed by atoms with Crippen molar-refractivity contribution in [1.82, 2.24) is 24.0 Å². The van der Waals surface area contributed by atoms with Crippen LogP contribution in [-0.4, -0.2) is 53.4 Å². The van der Waals surface area contributed by atoms with Gasteiger partial charge in [0.1, 0.15) is 29.8 Å². The fourth-order valence-corrected chi connectivity index (χ4v) is 6.38. The minimum absolute atomic E-state index is 0.191. The lowest BCUT2D eigenvalue weighted by molar-refractivity contribution is 0.0679. The van der Waals surface area contributed by atoms with Gasteiger partial charge < -0.3 is 14.6 Å². The molecular formula is C21H24N6O3S. The summed E-state index contributed by atoms with van der Waals surface area (Å²) in [5.41, 5.74) is 0.626. The molecule has 1 aromatic carbocycles. The van der Waals surface area contributed by atoms with E-state index >= 15 is 0 Å². The highest BCUT2D eigenvalue weighted by Gasteiger charge is 2.40. The van der Waals surface area contributed by atoms with Gasteiger partial charge in [-0.3, -0.25) is 3.97 Å². The third kappa shape index (κ3) is 3.64. The second kappa shape index (κ2) is 7.77. The highest BCUT2D eigenvalue weighted by molar-refractivity contribution is 8.29. The van der Waals surface area contributed by atoms with Gasteiger partial charge in [-0.15, -0.1) is 5.10 Å². The van der Waals surface area contributed by atoms with Crippen LogP contribution in [0.15, 0.2) is 48.0 Å². The van der Waals surface area contributed by atoms with Crippen molar-refractivity contribution in [3.63, 3.8) is 0 Å². The molecule has 2 aliphatic heterocycles. The number of hydrogen-bond donors (Lipinski definition) is 2. The largest absolute Gasteiger partial charge is 0.491 e. The molecule has 3 unspecified atom stereocenters. The second-order valence-corrected chi connectivity index (χ2v) is 10.2. The van der Waals surface area contributed by atoms with Crippen molar-refractivity contribution < 1.29 is 14.6 Å². The van der Waals surface area contributed by atoms with Crippen LogP contribution in [-0.2, 0) is 4.74 Å². The number of aromatic nitrogens is 5. The molecule has 10 heteroatoms. The zero-order valence-corrected chi connectivity index (χ0v) is 17.8. The van der Waals surface area contributed by atoms with Crippen LogP contribution in [0.5, 0.6) is 5.75 Å². The maximum atomic E-state index is 11.2. The average Bonchev–Trinajstić information content (AvgIpc) is 3.22. The van der Waals surface area contributed by atoms with Crippen molar-refractivity contribution in [2.75, 3.05) is 13.2 Å². The molecule has 0 spiro atoms. The Balaban J connectivity index is 1.17. The lowest BCUT2D eigenvalue weighted by Gasteiger charge is -2.24. The maximum absolute atomic E-state index is 11.2. The number of hydrogen-bond acceptors (Lipinski definition) is 7. The van der Waals surface area contributed by atoms with Gasteiger partial charge >= 0.3 is 0 Å². The summed E-state index contributed by atoms with van der Waals surface area (Å²) in [6, 6.07) is 7.70. The van der Waals surface area contributed by atoms with Gasteiger partial charge in [-0.25, -0.2) is 14.7 Å². The molecule has 31 heavy (non-hydrogen) atoms. The molecule has 4 heterocycles. The Morgan fingerprint density at radius 1 is 1.23 bits per heavy atom. The van der Waals surface area contributed by atoms with Gasteiger partial charge in [0.25, 0.3) is 0 Å². The highest BCUT2D eigenvalue weighted by Crippen LogP contribution is 2.55. The van der Waals surface area contributed by atoms with Crippen LogP contribution in [0, 0.1) is 5.92 Å². The van der Waals surface area contributed by atoms with E-state index in [4.69, 9.17) is 14.5 Å². The summed E-state index contributed by atoms with van der Waals surface area (Å²) in [6.45, 7) is 1.40. The van der Waals surface area contributed by atoms with E-state index < -0.39 is 16.5 Å². The van der Waals surface area contributed by atoms with E-state index in [-0.39, 0.29) is 6.10 Å². The Kier molecular flexibility index (Phi) is 4.77. The summed E-state index contributed by atoms with van der Waals surface area (Å²) in [7, 11) is 0. The lowest BCUT2D eigenvalue weighted by Crippen LogP contribution is -2.16. The molecule has 3 atom stereocenters. The van der Waals surface area contributed by atoms with Gasteiger partial charge in [0, 0.05) is 12.5 Å². The molecule has 3 aromatic rings. The van der Waals surface area contributed by atoms with Crippen molar-refractivity contribution in [2.45, 2.75) is 37.2 Å². The van der Waals surface area contributed by atoms with E-state index in [0.29, 0.717) is 18.2 Å². The molecule has 0 amide bonds. The molecule has 1 N–H and O–H groups in total. The summed E-state index contributed by atoms with van der Waals surface area (Å²) in [5.74, 6) is 2.09. The second-order valence-electron chi connectivity index (χ2n) is 8.09. The van der Waals surface area contributed by atoms with Crippen molar-refractivity contribution in [2.24, 2.45) is 10.9 Å². The highest BCUT2D eigenvalue weighted by atomic mass is 32.2. The molecule has 2 fully saturated rings. The minimum atomic E-state index is -1.06. The van der Waals surface area contributed by atoms with Crippen LogP contribution < -0.4 is 4.74 Å². The molecule has 162 valence electrons. The third-order valence-electron chi connectivity index (χ3n) is 5.81. The standard InChI is InChI=1S/C21H24N6O3S/c28-21(31-20(14-3-4-14)23-19-10-22-13-27(19)31)18-11-26(25-24-18)15-5-7-16(8-6-15)30-12-17-2-1-9-29-17/h5-8,10-11,13-14,17,21,28,31H,1-4,9,12H2. The molecule has 0 radical (unpaired) electrons. The molecule has 1 saturated heterocycles. The van der Waals surface area contributed by atoms with Crippen molar-refractivity contribution in [3.8, 4) is 11.4 Å². The van der Waals surface area contributed by atoms with Crippen molar-refractivity contribution >= 4 is 21.9 Å². The summed E-state index contributed by atoms with van der Waals surface area (Å²) < 4.78 is 15.1. The predicted octanol–water partition coefficient (Wildman–Crippen LogP) is 2.93. The van der Waals surface area contributed by atoms with E-state index in [2.05, 4.69) is 15.3 Å². The van der Waals surface area contributed by atoms with Crippen LogP contribution in [0.4, 0.5) is 5.82 Å². The molecule has 1 aliphatic carbocycles. The number of rotatable bonds is 7. The van der Waals surface area contributed by atoms with Crippen LogP contribution in [0.2, 0.25) is 0 Å². The summed E-state index contributed by atoms with van der Waals surface area (Å²) >= 11 is -1.06. The quantitative estimate of drug-likeness (QED) is 0.548.